The van der Waals surface area contributed by atoms with Gasteiger partial charge in [0, 0.05) is 30.6 Å². The van der Waals surface area contributed by atoms with Crippen molar-refractivity contribution in [2.75, 3.05) is 17.1 Å². The highest BCUT2D eigenvalue weighted by Crippen LogP contribution is 2.27. The molecule has 0 heterocycles. The number of aryl methyl sites for hydroxylation is 2. The van der Waals surface area contributed by atoms with Gasteiger partial charge in [0.1, 0.15) is 6.04 Å². The highest BCUT2D eigenvalue weighted by atomic mass is 35.5. The molecule has 1 saturated carbocycles. The molecular weight excluding hydrogens is 534 g/mol. The molecule has 1 aliphatic rings. The molecule has 2 amide bonds. The summed E-state index contributed by atoms with van der Waals surface area (Å²) in [6.45, 7) is 6.21. The van der Waals surface area contributed by atoms with Crippen LogP contribution < -0.4 is 9.62 Å². The van der Waals surface area contributed by atoms with Gasteiger partial charge in [-0.25, -0.2) is 8.42 Å². The molecule has 9 heteroatoms. The van der Waals surface area contributed by atoms with Gasteiger partial charge >= 0.3 is 0 Å². The first kappa shape index (κ1) is 31.0. The summed E-state index contributed by atoms with van der Waals surface area (Å²) >= 11 is 6.16. The Bertz CT molecular complexity index is 1240. The van der Waals surface area contributed by atoms with Crippen molar-refractivity contribution >= 4 is 39.1 Å². The molecule has 1 fully saturated rings. The molecule has 2 aromatic rings. The van der Waals surface area contributed by atoms with Gasteiger partial charge in [-0.15, -0.1) is 0 Å². The predicted octanol–water partition coefficient (Wildman–Crippen LogP) is 5.76. The fourth-order valence-electron chi connectivity index (χ4n) is 5.30. The summed E-state index contributed by atoms with van der Waals surface area (Å²) in [5.41, 5.74) is 3.33. The average molecular weight is 576 g/mol. The number of rotatable bonds is 12. The van der Waals surface area contributed by atoms with Crippen molar-refractivity contribution in [3.05, 3.63) is 64.2 Å². The van der Waals surface area contributed by atoms with Crippen molar-refractivity contribution in [2.45, 2.75) is 90.8 Å². The van der Waals surface area contributed by atoms with Gasteiger partial charge in [-0.1, -0.05) is 73.7 Å². The van der Waals surface area contributed by atoms with Crippen molar-refractivity contribution in [2.24, 2.45) is 0 Å². The number of nitrogens with zero attached hydrogens (tertiary/aromatic N) is 2. The van der Waals surface area contributed by atoms with Gasteiger partial charge in [0.2, 0.25) is 21.8 Å². The van der Waals surface area contributed by atoms with Crippen LogP contribution in [0.25, 0.3) is 0 Å². The van der Waals surface area contributed by atoms with Crippen LogP contribution >= 0.6 is 11.6 Å². The molecule has 1 atom stereocenters. The zero-order valence-electron chi connectivity index (χ0n) is 23.6. The van der Waals surface area contributed by atoms with Crippen LogP contribution in [0.15, 0.2) is 42.5 Å². The van der Waals surface area contributed by atoms with Crippen LogP contribution in [0.1, 0.15) is 75.0 Å². The number of carbonyl (C=O) groups is 2. The summed E-state index contributed by atoms with van der Waals surface area (Å²) in [6.07, 6.45) is 7.42. The zero-order valence-corrected chi connectivity index (χ0v) is 25.2. The zero-order chi connectivity index (χ0) is 28.6. The van der Waals surface area contributed by atoms with Crippen molar-refractivity contribution in [1.29, 1.82) is 0 Å². The smallest absolute Gasteiger partial charge is 0.243 e. The summed E-state index contributed by atoms with van der Waals surface area (Å²) in [5, 5.41) is 3.64. The minimum absolute atomic E-state index is 0.113. The third kappa shape index (κ3) is 8.97. The summed E-state index contributed by atoms with van der Waals surface area (Å²) in [6, 6.07) is 12.6. The van der Waals surface area contributed by atoms with Crippen LogP contribution in [0.5, 0.6) is 0 Å². The first-order chi connectivity index (χ1) is 18.5. The lowest BCUT2D eigenvalue weighted by Gasteiger charge is -2.33. The summed E-state index contributed by atoms with van der Waals surface area (Å²) in [7, 11) is -3.59. The van der Waals surface area contributed by atoms with Crippen LogP contribution in [0.4, 0.5) is 5.69 Å². The Hall–Kier alpha value is -2.58. The van der Waals surface area contributed by atoms with Gasteiger partial charge < -0.3 is 10.2 Å². The van der Waals surface area contributed by atoms with E-state index in [9.17, 15) is 18.0 Å². The van der Waals surface area contributed by atoms with Crippen LogP contribution in [-0.2, 0) is 26.2 Å². The Kier molecular flexibility index (Phi) is 11.2. The predicted molar refractivity (Wildman–Crippen MR) is 158 cm³/mol. The topological polar surface area (TPSA) is 86.8 Å². The Balaban J connectivity index is 1.78. The third-order valence-corrected chi connectivity index (χ3v) is 8.78. The summed E-state index contributed by atoms with van der Waals surface area (Å²) in [5.74, 6) is -0.281. The highest BCUT2D eigenvalue weighted by Gasteiger charge is 2.30. The number of carbonyl (C=O) groups excluding carboxylic acids is 2. The lowest BCUT2D eigenvalue weighted by atomic mass is 9.95. The van der Waals surface area contributed by atoms with Crippen molar-refractivity contribution in [1.82, 2.24) is 10.2 Å². The number of amides is 2. The molecule has 39 heavy (non-hydrogen) atoms. The molecule has 1 aliphatic carbocycles. The van der Waals surface area contributed by atoms with E-state index in [0.29, 0.717) is 30.1 Å². The van der Waals surface area contributed by atoms with E-state index in [4.69, 9.17) is 11.6 Å². The summed E-state index contributed by atoms with van der Waals surface area (Å²) < 4.78 is 26.6. The molecule has 0 bridgehead atoms. The van der Waals surface area contributed by atoms with E-state index in [2.05, 4.69) is 5.32 Å². The quantitative estimate of drug-likeness (QED) is 0.349. The normalized spacial score (nSPS) is 15.0. The Morgan fingerprint density at radius 1 is 1.08 bits per heavy atom. The van der Waals surface area contributed by atoms with E-state index in [1.165, 1.54) is 10.7 Å². The van der Waals surface area contributed by atoms with E-state index in [-0.39, 0.29) is 30.8 Å². The fourth-order valence-corrected chi connectivity index (χ4v) is 6.49. The van der Waals surface area contributed by atoms with E-state index in [1.54, 1.807) is 23.1 Å². The van der Waals surface area contributed by atoms with E-state index in [1.807, 2.05) is 45.0 Å². The number of hydrogen-bond acceptors (Lipinski definition) is 4. The lowest BCUT2D eigenvalue weighted by Crippen LogP contribution is -2.51. The van der Waals surface area contributed by atoms with Gasteiger partial charge in [0.15, 0.2) is 0 Å². The molecule has 3 rings (SSSR count). The van der Waals surface area contributed by atoms with Crippen molar-refractivity contribution in [3.8, 4) is 0 Å². The number of anilines is 1. The first-order valence-corrected chi connectivity index (χ1v) is 16.1. The SMILES string of the molecule is CC[C@H](C(=O)NC1CCCCC1)N(Cc1cccc(C)c1)C(=O)CCCN(c1cc(Cl)ccc1C)S(C)(=O)=O. The molecule has 0 spiro atoms. The summed E-state index contributed by atoms with van der Waals surface area (Å²) in [4.78, 5) is 28.8. The van der Waals surface area contributed by atoms with Crippen molar-refractivity contribution in [3.63, 3.8) is 0 Å². The lowest BCUT2D eigenvalue weighted by molar-refractivity contribution is -0.141. The molecular formula is C30H42ClN3O4S. The minimum Gasteiger partial charge on any atom is -0.352 e. The second kappa shape index (κ2) is 14.2. The van der Waals surface area contributed by atoms with Crippen LogP contribution in [0.2, 0.25) is 5.02 Å². The van der Waals surface area contributed by atoms with Gasteiger partial charge in [-0.2, -0.15) is 0 Å². The second-order valence-corrected chi connectivity index (χ2v) is 13.0. The maximum absolute atomic E-state index is 13.7. The molecule has 0 aromatic heterocycles. The third-order valence-electron chi connectivity index (χ3n) is 7.36. The Labute approximate surface area is 239 Å². The fraction of sp³-hybridized carbons (Fsp3) is 0.533. The molecule has 0 saturated heterocycles. The molecule has 0 unspecified atom stereocenters. The van der Waals surface area contributed by atoms with Crippen molar-refractivity contribution < 1.29 is 18.0 Å². The number of sulfonamides is 1. The standard InChI is InChI=1S/C30H42ClN3O4S/c1-5-27(30(36)32-26-13-7-6-8-14-26)33(21-24-12-9-11-22(2)19-24)29(35)15-10-18-34(39(4,37)38)28-20-25(31)17-16-23(28)3/h9,11-12,16-17,19-20,26-27H,5-8,10,13-15,18,21H2,1-4H3,(H,32,36)/t27-/m1/s1. The Morgan fingerprint density at radius 2 is 1.79 bits per heavy atom. The molecule has 7 nitrogen and oxygen atoms in total. The maximum Gasteiger partial charge on any atom is 0.243 e. The van der Waals surface area contributed by atoms with E-state index >= 15 is 0 Å². The molecule has 1 N–H and O–H groups in total. The molecule has 2 aromatic carbocycles. The molecule has 0 radical (unpaired) electrons. The van der Waals surface area contributed by atoms with E-state index in [0.717, 1.165) is 48.6 Å². The van der Waals surface area contributed by atoms with Crippen LogP contribution in [-0.4, -0.2) is 50.0 Å². The first-order valence-electron chi connectivity index (χ1n) is 13.9. The highest BCUT2D eigenvalue weighted by molar-refractivity contribution is 7.92. The minimum atomic E-state index is -3.59. The molecule has 0 aliphatic heterocycles. The van der Waals surface area contributed by atoms with Gasteiger partial charge in [-0.05, 0) is 62.8 Å². The van der Waals surface area contributed by atoms with Gasteiger partial charge in [0.25, 0.3) is 0 Å². The van der Waals surface area contributed by atoms with Gasteiger partial charge in [-0.3, -0.25) is 13.9 Å². The largest absolute Gasteiger partial charge is 0.352 e. The molecule has 214 valence electrons. The number of hydrogen-bond donors (Lipinski definition) is 1. The monoisotopic (exact) mass is 575 g/mol. The maximum atomic E-state index is 13.7. The number of benzene rings is 2. The average Bonchev–Trinajstić information content (AvgIpc) is 2.88. The van der Waals surface area contributed by atoms with Crippen LogP contribution in [0, 0.1) is 13.8 Å². The van der Waals surface area contributed by atoms with Gasteiger partial charge in [0.05, 0.1) is 11.9 Å². The van der Waals surface area contributed by atoms with Crippen LogP contribution in [0.3, 0.4) is 0 Å². The second-order valence-electron chi connectivity index (χ2n) is 10.6. The number of nitrogens with one attached hydrogen (secondary N) is 1. The Morgan fingerprint density at radius 3 is 2.44 bits per heavy atom. The number of halogens is 1. The van der Waals surface area contributed by atoms with E-state index < -0.39 is 16.1 Å².